The Kier molecular flexibility index (Phi) is 6.02. The molecule has 4 heteroatoms. The fraction of sp³-hybridized carbons (Fsp3) is 0.562. The maximum atomic E-state index is 11.7. The molecule has 4 nitrogen and oxygen atoms in total. The van der Waals surface area contributed by atoms with Crippen LogP contribution in [0.1, 0.15) is 38.2 Å². The molecule has 1 saturated carbocycles. The number of hydrogen-bond acceptors (Lipinski definition) is 4. The minimum atomic E-state index is -0.0675. The van der Waals surface area contributed by atoms with Crippen LogP contribution in [0.15, 0.2) is 30.3 Å². The second kappa shape index (κ2) is 8.02. The summed E-state index contributed by atoms with van der Waals surface area (Å²) in [6, 6.07) is 10.3. The van der Waals surface area contributed by atoms with Crippen molar-refractivity contribution < 1.29 is 14.4 Å². The minimum Gasteiger partial charge on any atom is -0.466 e. The summed E-state index contributed by atoms with van der Waals surface area (Å²) in [5.74, 6) is -0.0522. The molecular weight excluding hydrogens is 254 g/mol. The molecule has 1 aliphatic carbocycles. The lowest BCUT2D eigenvalue weighted by Crippen LogP contribution is -2.36. The van der Waals surface area contributed by atoms with E-state index in [-0.39, 0.29) is 17.9 Å². The largest absolute Gasteiger partial charge is 0.466 e. The maximum Gasteiger partial charge on any atom is 0.308 e. The standard InChI is InChI=1S/C16H23NO3/c1-2-19-16(18)14-9-6-10-15(11-14)17-20-12-13-7-4-3-5-8-13/h3-5,7-8,14-15,17H,2,6,9-12H2,1H3. The van der Waals surface area contributed by atoms with Crippen LogP contribution in [0.5, 0.6) is 0 Å². The quantitative estimate of drug-likeness (QED) is 0.641. The minimum absolute atomic E-state index is 0.0153. The molecule has 0 spiro atoms. The van der Waals surface area contributed by atoms with Gasteiger partial charge in [-0.25, -0.2) is 0 Å². The molecule has 1 aromatic carbocycles. The number of rotatable bonds is 6. The molecule has 2 unspecified atom stereocenters. The molecule has 0 aliphatic heterocycles. The van der Waals surface area contributed by atoms with Gasteiger partial charge < -0.3 is 4.74 Å². The van der Waals surface area contributed by atoms with Crippen molar-refractivity contribution in [2.75, 3.05) is 6.61 Å². The first-order valence-corrected chi connectivity index (χ1v) is 7.37. The predicted molar refractivity (Wildman–Crippen MR) is 76.7 cm³/mol. The van der Waals surface area contributed by atoms with E-state index in [9.17, 15) is 4.79 Å². The number of hydrogen-bond donors (Lipinski definition) is 1. The van der Waals surface area contributed by atoms with E-state index >= 15 is 0 Å². The third kappa shape index (κ3) is 4.62. The molecule has 0 bridgehead atoms. The lowest BCUT2D eigenvalue weighted by molar-refractivity contribution is -0.150. The van der Waals surface area contributed by atoms with Crippen molar-refractivity contribution >= 4 is 5.97 Å². The molecule has 1 N–H and O–H groups in total. The van der Waals surface area contributed by atoms with Gasteiger partial charge in [-0.3, -0.25) is 9.63 Å². The highest BCUT2D eigenvalue weighted by atomic mass is 16.6. The van der Waals surface area contributed by atoms with Gasteiger partial charge in [-0.05, 0) is 31.7 Å². The third-order valence-electron chi connectivity index (χ3n) is 3.63. The summed E-state index contributed by atoms with van der Waals surface area (Å²) in [4.78, 5) is 17.3. The molecule has 110 valence electrons. The highest BCUT2D eigenvalue weighted by molar-refractivity contribution is 5.72. The van der Waals surface area contributed by atoms with Crippen molar-refractivity contribution in [3.8, 4) is 0 Å². The molecule has 1 aromatic rings. The van der Waals surface area contributed by atoms with Crippen LogP contribution in [-0.4, -0.2) is 18.6 Å². The number of ether oxygens (including phenoxy) is 1. The van der Waals surface area contributed by atoms with Gasteiger partial charge in [-0.15, -0.1) is 0 Å². The van der Waals surface area contributed by atoms with Crippen molar-refractivity contribution in [1.29, 1.82) is 0 Å². The molecule has 0 aromatic heterocycles. The molecule has 2 rings (SSSR count). The van der Waals surface area contributed by atoms with Crippen LogP contribution in [0.3, 0.4) is 0 Å². The lowest BCUT2D eigenvalue weighted by Gasteiger charge is -2.28. The summed E-state index contributed by atoms with van der Waals surface area (Å²) in [5.41, 5.74) is 4.23. The van der Waals surface area contributed by atoms with Crippen LogP contribution in [0.2, 0.25) is 0 Å². The summed E-state index contributed by atoms with van der Waals surface area (Å²) >= 11 is 0. The number of carbonyl (C=O) groups is 1. The molecule has 2 atom stereocenters. The second-order valence-corrected chi connectivity index (χ2v) is 5.20. The van der Waals surface area contributed by atoms with Crippen LogP contribution in [0.4, 0.5) is 0 Å². The average Bonchev–Trinajstić information content (AvgIpc) is 2.49. The van der Waals surface area contributed by atoms with Crippen molar-refractivity contribution in [2.24, 2.45) is 5.92 Å². The molecule has 0 heterocycles. The zero-order valence-electron chi connectivity index (χ0n) is 12.0. The fourth-order valence-electron chi connectivity index (χ4n) is 2.59. The number of benzene rings is 1. The van der Waals surface area contributed by atoms with Gasteiger partial charge in [0.05, 0.1) is 19.1 Å². The topological polar surface area (TPSA) is 47.6 Å². The summed E-state index contributed by atoms with van der Waals surface area (Å²) in [6.07, 6.45) is 3.81. The Hall–Kier alpha value is -1.39. The Balaban J connectivity index is 1.71. The van der Waals surface area contributed by atoms with E-state index in [0.717, 1.165) is 31.2 Å². The van der Waals surface area contributed by atoms with E-state index in [1.165, 1.54) is 0 Å². The van der Waals surface area contributed by atoms with Crippen LogP contribution < -0.4 is 5.48 Å². The van der Waals surface area contributed by atoms with Crippen molar-refractivity contribution in [3.63, 3.8) is 0 Å². The first-order chi connectivity index (χ1) is 9.79. The van der Waals surface area contributed by atoms with Gasteiger partial charge >= 0.3 is 5.97 Å². The Bertz CT molecular complexity index is 407. The smallest absolute Gasteiger partial charge is 0.308 e. The fourth-order valence-corrected chi connectivity index (χ4v) is 2.59. The van der Waals surface area contributed by atoms with Gasteiger partial charge in [-0.2, -0.15) is 5.48 Å². The molecule has 0 amide bonds. The van der Waals surface area contributed by atoms with Gasteiger partial charge in [0, 0.05) is 6.04 Å². The van der Waals surface area contributed by atoms with Gasteiger partial charge in [0.25, 0.3) is 0 Å². The normalized spacial score (nSPS) is 22.4. The second-order valence-electron chi connectivity index (χ2n) is 5.20. The molecular formula is C16H23NO3. The monoisotopic (exact) mass is 277 g/mol. The number of nitrogens with one attached hydrogen (secondary N) is 1. The van der Waals surface area contributed by atoms with Crippen LogP contribution >= 0.6 is 0 Å². The zero-order chi connectivity index (χ0) is 14.2. The molecule has 0 radical (unpaired) electrons. The van der Waals surface area contributed by atoms with Crippen molar-refractivity contribution in [1.82, 2.24) is 5.48 Å². The average molecular weight is 277 g/mol. The SMILES string of the molecule is CCOC(=O)C1CCCC(NOCc2ccccc2)C1. The summed E-state index contributed by atoms with van der Waals surface area (Å²) in [5, 5.41) is 0. The highest BCUT2D eigenvalue weighted by Crippen LogP contribution is 2.25. The van der Waals surface area contributed by atoms with Crippen LogP contribution in [-0.2, 0) is 21.0 Å². The Morgan fingerprint density at radius 2 is 2.10 bits per heavy atom. The van der Waals surface area contributed by atoms with E-state index in [4.69, 9.17) is 9.57 Å². The van der Waals surface area contributed by atoms with Gasteiger partial charge in [0.15, 0.2) is 0 Å². The van der Waals surface area contributed by atoms with Crippen molar-refractivity contribution in [2.45, 2.75) is 45.3 Å². The maximum absolute atomic E-state index is 11.7. The number of esters is 1. The number of carbonyl (C=O) groups excluding carboxylic acids is 1. The van der Waals surface area contributed by atoms with E-state index in [1.807, 2.05) is 37.3 Å². The van der Waals surface area contributed by atoms with E-state index < -0.39 is 0 Å². The first-order valence-electron chi connectivity index (χ1n) is 7.37. The molecule has 1 aliphatic rings. The highest BCUT2D eigenvalue weighted by Gasteiger charge is 2.28. The summed E-state index contributed by atoms with van der Waals surface area (Å²) < 4.78 is 5.10. The van der Waals surface area contributed by atoms with E-state index in [1.54, 1.807) is 0 Å². The van der Waals surface area contributed by atoms with E-state index in [0.29, 0.717) is 13.2 Å². The third-order valence-corrected chi connectivity index (χ3v) is 3.63. The Labute approximate surface area is 120 Å². The van der Waals surface area contributed by atoms with Crippen molar-refractivity contribution in [3.05, 3.63) is 35.9 Å². The lowest BCUT2D eigenvalue weighted by atomic mass is 9.86. The summed E-state index contributed by atoms with van der Waals surface area (Å²) in [6.45, 7) is 2.85. The molecule has 0 saturated heterocycles. The summed E-state index contributed by atoms with van der Waals surface area (Å²) in [7, 11) is 0. The van der Waals surface area contributed by atoms with E-state index in [2.05, 4.69) is 5.48 Å². The van der Waals surface area contributed by atoms with Gasteiger partial charge in [0.1, 0.15) is 0 Å². The van der Waals surface area contributed by atoms with Gasteiger partial charge in [0.2, 0.25) is 0 Å². The molecule has 20 heavy (non-hydrogen) atoms. The zero-order valence-corrected chi connectivity index (χ0v) is 12.0. The Morgan fingerprint density at radius 1 is 1.30 bits per heavy atom. The molecule has 1 fully saturated rings. The predicted octanol–water partition coefficient (Wildman–Crippen LogP) is 2.83. The van der Waals surface area contributed by atoms with Crippen LogP contribution in [0, 0.1) is 5.92 Å². The van der Waals surface area contributed by atoms with Crippen LogP contribution in [0.25, 0.3) is 0 Å². The van der Waals surface area contributed by atoms with Gasteiger partial charge in [-0.1, -0.05) is 36.8 Å². The Morgan fingerprint density at radius 3 is 2.85 bits per heavy atom. The number of hydroxylamine groups is 1. The first kappa shape index (κ1) is 15.0.